The number of aromatic nitrogens is 2. The van der Waals surface area contributed by atoms with Crippen LogP contribution in [-0.4, -0.2) is 22.1 Å². The van der Waals surface area contributed by atoms with Crippen molar-refractivity contribution in [3.05, 3.63) is 80.3 Å². The molecule has 0 aliphatic rings. The zero-order chi connectivity index (χ0) is 24.3. The van der Waals surface area contributed by atoms with Crippen LogP contribution in [0.3, 0.4) is 0 Å². The monoisotopic (exact) mass is 536 g/mol. The topological polar surface area (TPSA) is 79.9 Å². The zero-order valence-electron chi connectivity index (χ0n) is 18.0. The number of rotatable bonds is 7. The Balaban J connectivity index is 2.27. The Kier molecular flexibility index (Phi) is 7.72. The molecule has 0 aliphatic carbocycles. The first-order valence-corrected chi connectivity index (χ1v) is 11.2. The van der Waals surface area contributed by atoms with Crippen LogP contribution in [0.5, 0.6) is 0 Å². The summed E-state index contributed by atoms with van der Waals surface area (Å²) in [5.41, 5.74) is 1.16. The Hall–Kier alpha value is -2.96. The van der Waals surface area contributed by atoms with Crippen molar-refractivity contribution in [3.8, 4) is 6.07 Å². The molecule has 6 nitrogen and oxygen atoms in total. The molecule has 1 N–H and O–H groups in total. The first-order valence-electron chi connectivity index (χ1n) is 10.0. The highest BCUT2D eigenvalue weighted by Gasteiger charge is 2.31. The van der Waals surface area contributed by atoms with Crippen molar-refractivity contribution in [2.24, 2.45) is 0 Å². The molecule has 0 aliphatic heterocycles. The number of halogens is 4. The molecule has 33 heavy (non-hydrogen) atoms. The number of hydrogen-bond acceptors (Lipinski definition) is 5. The lowest BCUT2D eigenvalue weighted by atomic mass is 9.99. The highest BCUT2D eigenvalue weighted by atomic mass is 79.9. The van der Waals surface area contributed by atoms with Gasteiger partial charge in [-0.2, -0.15) is 5.26 Å². The highest BCUT2D eigenvalue weighted by Crippen LogP contribution is 2.35. The van der Waals surface area contributed by atoms with Crippen LogP contribution in [0.4, 0.5) is 14.5 Å². The van der Waals surface area contributed by atoms with E-state index in [0.717, 1.165) is 0 Å². The predicted octanol–water partition coefficient (Wildman–Crippen LogP) is 6.41. The Bertz CT molecular complexity index is 1240. The van der Waals surface area contributed by atoms with Crippen LogP contribution < -0.4 is 5.32 Å². The Morgan fingerprint density at radius 3 is 2.58 bits per heavy atom. The number of benzene rings is 2. The highest BCUT2D eigenvalue weighted by molar-refractivity contribution is 9.10. The number of nitrogens with zero attached hydrogens (tertiary/aromatic N) is 3. The van der Waals surface area contributed by atoms with Gasteiger partial charge in [-0.15, -0.1) is 0 Å². The number of hydrogen-bond donors (Lipinski definition) is 1. The Morgan fingerprint density at radius 2 is 2.00 bits per heavy atom. The molecule has 0 saturated carbocycles. The van der Waals surface area contributed by atoms with Gasteiger partial charge in [0.05, 0.1) is 28.9 Å². The lowest BCUT2D eigenvalue weighted by molar-refractivity contribution is 0.0518. The van der Waals surface area contributed by atoms with Gasteiger partial charge < -0.3 is 14.6 Å². The van der Waals surface area contributed by atoms with E-state index in [2.05, 4.69) is 26.2 Å². The van der Waals surface area contributed by atoms with Gasteiger partial charge in [0.15, 0.2) is 10.4 Å². The van der Waals surface area contributed by atoms with Gasteiger partial charge in [-0.3, -0.25) is 0 Å². The summed E-state index contributed by atoms with van der Waals surface area (Å²) in [6.07, 6.45) is 0. The Morgan fingerprint density at radius 1 is 1.27 bits per heavy atom. The average molecular weight is 538 g/mol. The van der Waals surface area contributed by atoms with E-state index in [9.17, 15) is 13.6 Å². The molecule has 1 atom stereocenters. The van der Waals surface area contributed by atoms with E-state index in [0.29, 0.717) is 21.7 Å². The molecule has 3 aromatic rings. The number of carbonyl (C=O) groups excluding carboxylic acids is 1. The number of imidazole rings is 1. The second-order valence-corrected chi connectivity index (χ2v) is 8.47. The molecule has 0 radical (unpaired) electrons. The minimum atomic E-state index is -0.825. The molecule has 10 heteroatoms. The maximum Gasteiger partial charge on any atom is 0.358 e. The smallest absolute Gasteiger partial charge is 0.358 e. The summed E-state index contributed by atoms with van der Waals surface area (Å²) in [6.45, 7) is 5.62. The number of esters is 1. The molecule has 0 saturated heterocycles. The van der Waals surface area contributed by atoms with Crippen LogP contribution in [0, 0.1) is 23.0 Å². The SMILES string of the molecule is CCOC(=O)c1nc(Br)n(C(C)C)c1C(Nc1ccc(F)c(Cl)c1)c1ccc(C#N)c(F)c1. The number of nitriles is 1. The standard InChI is InChI=1S/C23H20BrClF2N4O2/c1-4-33-22(32)20-21(31(12(2)3)23(24)30-20)19(13-5-6-14(11-28)18(27)9-13)29-15-7-8-17(26)16(25)10-15/h5-10,12,19,29H,4H2,1-3H3. The molecule has 0 fully saturated rings. The fourth-order valence-corrected chi connectivity index (χ4v) is 4.36. The van der Waals surface area contributed by atoms with Crippen molar-refractivity contribution < 1.29 is 18.3 Å². The minimum absolute atomic E-state index is 0.0351. The van der Waals surface area contributed by atoms with Gasteiger partial charge >= 0.3 is 5.97 Å². The van der Waals surface area contributed by atoms with Crippen LogP contribution >= 0.6 is 27.5 Å². The van der Waals surface area contributed by atoms with Gasteiger partial charge in [0, 0.05) is 11.7 Å². The van der Waals surface area contributed by atoms with Gasteiger partial charge in [-0.1, -0.05) is 17.7 Å². The lowest BCUT2D eigenvalue weighted by Gasteiger charge is -2.25. The Labute approximate surface area is 203 Å². The molecule has 0 amide bonds. The van der Waals surface area contributed by atoms with Crippen LogP contribution in [0.15, 0.2) is 41.1 Å². The zero-order valence-corrected chi connectivity index (χ0v) is 20.3. The summed E-state index contributed by atoms with van der Waals surface area (Å²) in [7, 11) is 0. The van der Waals surface area contributed by atoms with Crippen LogP contribution in [0.1, 0.15) is 60.2 Å². The van der Waals surface area contributed by atoms with Crippen molar-refractivity contribution in [2.75, 3.05) is 11.9 Å². The van der Waals surface area contributed by atoms with E-state index in [1.807, 2.05) is 13.8 Å². The minimum Gasteiger partial charge on any atom is -0.461 e. The molecule has 0 spiro atoms. The maximum absolute atomic E-state index is 14.6. The molecule has 1 unspecified atom stereocenters. The number of ether oxygens (including phenoxy) is 1. The van der Waals surface area contributed by atoms with Crippen molar-refractivity contribution in [3.63, 3.8) is 0 Å². The summed E-state index contributed by atoms with van der Waals surface area (Å²) in [4.78, 5) is 17.1. The third kappa shape index (κ3) is 5.18. The molecule has 1 aromatic heterocycles. The molecule has 172 valence electrons. The van der Waals surface area contributed by atoms with E-state index in [1.54, 1.807) is 23.6 Å². The predicted molar refractivity (Wildman–Crippen MR) is 124 cm³/mol. The van der Waals surface area contributed by atoms with Crippen molar-refractivity contribution in [2.45, 2.75) is 32.9 Å². The summed E-state index contributed by atoms with van der Waals surface area (Å²) in [5.74, 6) is -1.96. The molecular weight excluding hydrogens is 518 g/mol. The van der Waals surface area contributed by atoms with E-state index < -0.39 is 23.6 Å². The van der Waals surface area contributed by atoms with Gasteiger partial charge in [-0.25, -0.2) is 18.6 Å². The number of carbonyl (C=O) groups is 1. The van der Waals surface area contributed by atoms with Gasteiger partial charge in [0.2, 0.25) is 0 Å². The van der Waals surface area contributed by atoms with Crippen LogP contribution in [0.2, 0.25) is 5.02 Å². The normalized spacial score (nSPS) is 11.8. The second-order valence-electron chi connectivity index (χ2n) is 7.36. The van der Waals surface area contributed by atoms with Crippen LogP contribution in [0.25, 0.3) is 0 Å². The fraction of sp³-hybridized carbons (Fsp3) is 0.261. The lowest BCUT2D eigenvalue weighted by Crippen LogP contribution is -2.22. The molecule has 1 heterocycles. The van der Waals surface area contributed by atoms with Gasteiger partial charge in [0.1, 0.15) is 17.7 Å². The van der Waals surface area contributed by atoms with E-state index in [1.165, 1.54) is 30.3 Å². The summed E-state index contributed by atoms with van der Waals surface area (Å²) in [5, 5.41) is 12.2. The van der Waals surface area contributed by atoms with Gasteiger partial charge in [0.25, 0.3) is 0 Å². The van der Waals surface area contributed by atoms with Crippen LogP contribution in [-0.2, 0) is 4.74 Å². The summed E-state index contributed by atoms with van der Waals surface area (Å²) >= 11 is 9.35. The fourth-order valence-electron chi connectivity index (χ4n) is 3.40. The first-order chi connectivity index (χ1) is 15.7. The van der Waals surface area contributed by atoms with Crippen molar-refractivity contribution >= 4 is 39.2 Å². The first kappa shape index (κ1) is 24.7. The van der Waals surface area contributed by atoms with E-state index in [-0.39, 0.29) is 28.9 Å². The number of nitrogens with one attached hydrogen (secondary N) is 1. The van der Waals surface area contributed by atoms with Crippen molar-refractivity contribution in [1.29, 1.82) is 5.26 Å². The van der Waals surface area contributed by atoms with Gasteiger partial charge in [-0.05, 0) is 72.6 Å². The second kappa shape index (κ2) is 10.3. The third-order valence-corrected chi connectivity index (χ3v) is 5.69. The summed E-state index contributed by atoms with van der Waals surface area (Å²) in [6, 6.07) is 9.02. The maximum atomic E-state index is 14.6. The largest absolute Gasteiger partial charge is 0.461 e. The van der Waals surface area contributed by atoms with Crippen molar-refractivity contribution in [1.82, 2.24) is 9.55 Å². The molecule has 0 bridgehead atoms. The molecule has 2 aromatic carbocycles. The number of anilines is 1. The third-order valence-electron chi connectivity index (χ3n) is 4.84. The molecular formula is C23H20BrClF2N4O2. The summed E-state index contributed by atoms with van der Waals surface area (Å²) < 4.78 is 35.7. The molecule has 3 rings (SSSR count). The van der Waals surface area contributed by atoms with E-state index in [4.69, 9.17) is 21.6 Å². The van der Waals surface area contributed by atoms with E-state index >= 15 is 0 Å². The average Bonchev–Trinajstić information content (AvgIpc) is 3.11. The quantitative estimate of drug-likeness (QED) is 0.352.